The van der Waals surface area contributed by atoms with Gasteiger partial charge in [0.05, 0.1) is 11.7 Å². The lowest BCUT2D eigenvalue weighted by atomic mass is 9.98. The first-order chi connectivity index (χ1) is 11.2. The van der Waals surface area contributed by atoms with Crippen molar-refractivity contribution in [2.45, 2.75) is 51.1 Å². The van der Waals surface area contributed by atoms with Gasteiger partial charge in [0.2, 0.25) is 5.91 Å². The number of amides is 1. The van der Waals surface area contributed by atoms with Crippen LogP contribution in [0, 0.1) is 6.92 Å². The zero-order chi connectivity index (χ0) is 15.8. The van der Waals surface area contributed by atoms with E-state index in [4.69, 9.17) is 0 Å². The highest BCUT2D eigenvalue weighted by atomic mass is 16.2. The number of benzene rings is 1. The lowest BCUT2D eigenvalue weighted by Gasteiger charge is -2.35. The van der Waals surface area contributed by atoms with Crippen molar-refractivity contribution in [2.75, 3.05) is 0 Å². The van der Waals surface area contributed by atoms with Gasteiger partial charge in [0.25, 0.3) is 0 Å². The van der Waals surface area contributed by atoms with Crippen molar-refractivity contribution in [3.05, 3.63) is 59.2 Å². The van der Waals surface area contributed by atoms with Crippen LogP contribution in [0.5, 0.6) is 0 Å². The van der Waals surface area contributed by atoms with Gasteiger partial charge in [-0.15, -0.1) is 0 Å². The van der Waals surface area contributed by atoms with Crippen LogP contribution in [0.15, 0.2) is 36.8 Å². The minimum absolute atomic E-state index is 0.190. The number of fused-ring (bicyclic) bond motifs is 4. The highest BCUT2D eigenvalue weighted by Crippen LogP contribution is 2.42. The molecule has 1 fully saturated rings. The van der Waals surface area contributed by atoms with E-state index in [1.807, 2.05) is 6.20 Å². The van der Waals surface area contributed by atoms with Crippen molar-refractivity contribution in [1.82, 2.24) is 14.9 Å². The number of aryl methyl sites for hydroxylation is 2. The summed E-state index contributed by atoms with van der Waals surface area (Å²) in [5, 5.41) is 0. The number of carbonyl (C=O) groups is 1. The van der Waals surface area contributed by atoms with Crippen LogP contribution in [0.3, 0.4) is 0 Å². The summed E-state index contributed by atoms with van der Waals surface area (Å²) < 4.78 is 0. The summed E-state index contributed by atoms with van der Waals surface area (Å²) in [4.78, 5) is 23.5. The highest BCUT2D eigenvalue weighted by molar-refractivity contribution is 5.78. The highest BCUT2D eigenvalue weighted by Gasteiger charge is 2.42. The maximum Gasteiger partial charge on any atom is 0.223 e. The first kappa shape index (κ1) is 14.4. The molecule has 2 aliphatic heterocycles. The second-order valence-electron chi connectivity index (χ2n) is 6.67. The second kappa shape index (κ2) is 5.76. The molecule has 0 saturated carbocycles. The molecule has 2 aliphatic rings. The predicted octanol–water partition coefficient (Wildman–Crippen LogP) is 3.01. The lowest BCUT2D eigenvalue weighted by molar-refractivity contribution is -0.134. The van der Waals surface area contributed by atoms with Crippen LogP contribution < -0.4 is 0 Å². The molecule has 4 nitrogen and oxygen atoms in total. The van der Waals surface area contributed by atoms with Crippen molar-refractivity contribution < 1.29 is 4.79 Å². The van der Waals surface area contributed by atoms with E-state index in [9.17, 15) is 4.79 Å². The normalized spacial score (nSPS) is 22.0. The Hall–Kier alpha value is -2.23. The first-order valence-electron chi connectivity index (χ1n) is 8.38. The van der Waals surface area contributed by atoms with E-state index in [0.717, 1.165) is 36.9 Å². The Morgan fingerprint density at radius 1 is 1.35 bits per heavy atom. The summed E-state index contributed by atoms with van der Waals surface area (Å²) in [5.41, 5.74) is 4.78. The maximum atomic E-state index is 12.8. The maximum absolute atomic E-state index is 12.8. The predicted molar refractivity (Wildman–Crippen MR) is 87.8 cm³/mol. The van der Waals surface area contributed by atoms with Crippen molar-refractivity contribution in [2.24, 2.45) is 0 Å². The van der Waals surface area contributed by atoms with Crippen LogP contribution in [0.1, 0.15) is 47.7 Å². The monoisotopic (exact) mass is 307 g/mol. The Labute approximate surface area is 136 Å². The molecule has 2 unspecified atom stereocenters. The van der Waals surface area contributed by atoms with Gasteiger partial charge in [-0.1, -0.05) is 29.8 Å². The van der Waals surface area contributed by atoms with E-state index in [1.165, 1.54) is 11.1 Å². The molecule has 23 heavy (non-hydrogen) atoms. The molecule has 3 heterocycles. The Balaban J connectivity index is 1.49. The topological polar surface area (TPSA) is 46.1 Å². The molecule has 4 rings (SSSR count). The van der Waals surface area contributed by atoms with Crippen LogP contribution in [0.2, 0.25) is 0 Å². The zero-order valence-electron chi connectivity index (χ0n) is 13.4. The van der Waals surface area contributed by atoms with E-state index in [2.05, 4.69) is 46.1 Å². The Bertz CT molecular complexity index is 743. The van der Waals surface area contributed by atoms with Crippen LogP contribution >= 0.6 is 0 Å². The van der Waals surface area contributed by atoms with Crippen LogP contribution in [0.25, 0.3) is 0 Å². The van der Waals surface area contributed by atoms with E-state index >= 15 is 0 Å². The largest absolute Gasteiger partial charge is 0.332 e. The van der Waals surface area contributed by atoms with Crippen molar-refractivity contribution >= 4 is 5.91 Å². The standard InChI is InChI=1S/C19H21N3O/c1-13-3-2-4-14(9-13)5-8-19(23)22-15-6-7-18(22)16-11-20-12-21-17(16)10-15/h2-4,9,11-12,15,18H,5-8,10H2,1H3. The number of hydrogen-bond donors (Lipinski definition) is 0. The van der Waals surface area contributed by atoms with Crippen molar-refractivity contribution in [3.63, 3.8) is 0 Å². The number of hydrogen-bond acceptors (Lipinski definition) is 3. The SMILES string of the molecule is Cc1cccc(CCC(=O)N2C3CCC2c2cncnc2C3)c1. The van der Waals surface area contributed by atoms with E-state index < -0.39 is 0 Å². The molecule has 2 aromatic rings. The number of aromatic nitrogens is 2. The third-order valence-electron chi connectivity index (χ3n) is 5.12. The van der Waals surface area contributed by atoms with Crippen molar-refractivity contribution in [1.29, 1.82) is 0 Å². The van der Waals surface area contributed by atoms with E-state index in [0.29, 0.717) is 12.5 Å². The van der Waals surface area contributed by atoms with Crippen LogP contribution in [-0.2, 0) is 17.6 Å². The third-order valence-corrected chi connectivity index (χ3v) is 5.12. The molecule has 0 spiro atoms. The van der Waals surface area contributed by atoms with E-state index in [-0.39, 0.29) is 11.9 Å². The summed E-state index contributed by atoms with van der Waals surface area (Å²) in [6.45, 7) is 2.09. The third kappa shape index (κ3) is 2.62. The van der Waals surface area contributed by atoms with Gasteiger partial charge in [-0.25, -0.2) is 9.97 Å². The smallest absolute Gasteiger partial charge is 0.223 e. The van der Waals surface area contributed by atoms with Gasteiger partial charge in [0.1, 0.15) is 6.33 Å². The Morgan fingerprint density at radius 2 is 2.26 bits per heavy atom. The van der Waals surface area contributed by atoms with Crippen LogP contribution in [-0.4, -0.2) is 26.8 Å². The van der Waals surface area contributed by atoms with Crippen LogP contribution in [0.4, 0.5) is 0 Å². The first-order valence-corrected chi connectivity index (χ1v) is 8.38. The number of carbonyl (C=O) groups excluding carboxylic acids is 1. The molecule has 118 valence electrons. The molecule has 1 aromatic carbocycles. The molecule has 0 N–H and O–H groups in total. The molecule has 4 heteroatoms. The second-order valence-corrected chi connectivity index (χ2v) is 6.67. The molecule has 0 radical (unpaired) electrons. The Kier molecular flexibility index (Phi) is 3.60. The van der Waals surface area contributed by atoms with E-state index in [1.54, 1.807) is 6.33 Å². The summed E-state index contributed by atoms with van der Waals surface area (Å²) in [6, 6.07) is 8.94. The van der Waals surface area contributed by atoms with Gasteiger partial charge < -0.3 is 4.90 Å². The van der Waals surface area contributed by atoms with Gasteiger partial charge in [-0.05, 0) is 31.7 Å². The average molecular weight is 307 g/mol. The minimum Gasteiger partial charge on any atom is -0.332 e. The molecule has 1 amide bonds. The van der Waals surface area contributed by atoms with Gasteiger partial charge in [0.15, 0.2) is 0 Å². The average Bonchev–Trinajstić information content (AvgIpc) is 2.88. The zero-order valence-corrected chi connectivity index (χ0v) is 13.4. The Morgan fingerprint density at radius 3 is 3.13 bits per heavy atom. The number of rotatable bonds is 3. The molecule has 0 aliphatic carbocycles. The molecule has 1 saturated heterocycles. The van der Waals surface area contributed by atoms with Gasteiger partial charge in [0, 0.05) is 30.6 Å². The summed E-state index contributed by atoms with van der Waals surface area (Å²) in [5.74, 6) is 0.272. The molecular formula is C19H21N3O. The molecular weight excluding hydrogens is 286 g/mol. The fourth-order valence-electron chi connectivity index (χ4n) is 4.05. The summed E-state index contributed by atoms with van der Waals surface area (Å²) >= 11 is 0. The summed E-state index contributed by atoms with van der Waals surface area (Å²) in [7, 11) is 0. The molecule has 2 bridgehead atoms. The fourth-order valence-corrected chi connectivity index (χ4v) is 4.05. The molecule has 2 atom stereocenters. The van der Waals surface area contributed by atoms with Gasteiger partial charge in [-0.3, -0.25) is 4.79 Å². The number of nitrogens with zero attached hydrogens (tertiary/aromatic N) is 3. The molecule has 1 aromatic heterocycles. The fraction of sp³-hybridized carbons (Fsp3) is 0.421. The van der Waals surface area contributed by atoms with Gasteiger partial charge in [-0.2, -0.15) is 0 Å². The minimum atomic E-state index is 0.190. The lowest BCUT2D eigenvalue weighted by Crippen LogP contribution is -2.42. The summed E-state index contributed by atoms with van der Waals surface area (Å²) in [6.07, 6.45) is 7.92. The van der Waals surface area contributed by atoms with Gasteiger partial charge >= 0.3 is 0 Å². The quantitative estimate of drug-likeness (QED) is 0.875. The van der Waals surface area contributed by atoms with Crippen molar-refractivity contribution in [3.8, 4) is 0 Å².